The second kappa shape index (κ2) is 13.0. The molecule has 0 spiro atoms. The molecule has 1 N–H and O–H groups in total. The number of carbonyl (C=O) groups is 2. The van der Waals surface area contributed by atoms with Crippen LogP contribution in [0.1, 0.15) is 75.4 Å². The Morgan fingerprint density at radius 1 is 1.17 bits per heavy atom. The lowest BCUT2D eigenvalue weighted by Crippen LogP contribution is -2.50. The molecule has 2 heterocycles. The molecule has 1 aromatic heterocycles. The number of ether oxygens (including phenoxy) is 1. The fraction of sp³-hybridized carbons (Fsp3) is 0.571. The Balaban J connectivity index is 1.74. The molecule has 0 aliphatic carbocycles. The lowest BCUT2D eigenvalue weighted by atomic mass is 10.00. The zero-order valence-electron chi connectivity index (χ0n) is 21.9. The molecule has 2 aromatic rings. The van der Waals surface area contributed by atoms with E-state index in [1.165, 1.54) is 10.4 Å². The van der Waals surface area contributed by atoms with Crippen LogP contribution in [0.5, 0.6) is 5.75 Å². The average Bonchev–Trinajstić information content (AvgIpc) is 3.34. The summed E-state index contributed by atoms with van der Waals surface area (Å²) in [6, 6.07) is 10.00. The SMILES string of the molecule is CCCNC(=O)N(CC(=O)N1CCc2sccc2[C@H]1COc1ccc(C(C)C)cc1)C[C@@H](C)CC. The van der Waals surface area contributed by atoms with Crippen molar-refractivity contribution in [3.8, 4) is 5.75 Å². The van der Waals surface area contributed by atoms with Gasteiger partial charge in [0.2, 0.25) is 5.91 Å². The van der Waals surface area contributed by atoms with Crippen LogP contribution in [-0.4, -0.2) is 54.5 Å². The van der Waals surface area contributed by atoms with Gasteiger partial charge in [0.05, 0.1) is 6.04 Å². The summed E-state index contributed by atoms with van der Waals surface area (Å²) in [7, 11) is 0. The fourth-order valence-corrected chi connectivity index (χ4v) is 5.25. The molecule has 2 atom stereocenters. The zero-order valence-corrected chi connectivity index (χ0v) is 22.7. The number of hydrogen-bond donors (Lipinski definition) is 1. The Hall–Kier alpha value is -2.54. The van der Waals surface area contributed by atoms with E-state index in [0.717, 1.165) is 30.6 Å². The highest BCUT2D eigenvalue weighted by Gasteiger charge is 2.33. The van der Waals surface area contributed by atoms with Gasteiger partial charge in [0, 0.05) is 24.5 Å². The van der Waals surface area contributed by atoms with E-state index in [0.29, 0.717) is 38.1 Å². The van der Waals surface area contributed by atoms with Crippen LogP contribution in [-0.2, 0) is 11.2 Å². The van der Waals surface area contributed by atoms with Gasteiger partial charge in [0.15, 0.2) is 0 Å². The number of urea groups is 1. The van der Waals surface area contributed by atoms with Gasteiger partial charge in [-0.1, -0.05) is 53.2 Å². The molecule has 1 aromatic carbocycles. The summed E-state index contributed by atoms with van der Waals surface area (Å²) in [5.41, 5.74) is 2.44. The maximum atomic E-state index is 13.6. The molecule has 0 unspecified atom stereocenters. The van der Waals surface area contributed by atoms with Gasteiger partial charge in [0.25, 0.3) is 0 Å². The van der Waals surface area contributed by atoms with Crippen LogP contribution in [0.2, 0.25) is 0 Å². The van der Waals surface area contributed by atoms with Crippen LogP contribution in [0.4, 0.5) is 4.79 Å². The standard InChI is InChI=1S/C28H41N3O3S/c1-6-14-29-28(33)30(17-21(5)7-2)18-27(32)31-15-12-26-24(13-16-35-26)25(31)19-34-23-10-8-22(9-11-23)20(3)4/h8-11,13,16,20-21,25H,6-7,12,14-15,17-19H2,1-5H3,(H,29,33)/t21-,25+/m0/s1. The van der Waals surface area contributed by atoms with Crippen molar-refractivity contribution in [1.82, 2.24) is 15.1 Å². The van der Waals surface area contributed by atoms with Gasteiger partial charge >= 0.3 is 6.03 Å². The quantitative estimate of drug-likeness (QED) is 0.422. The number of hydrogen-bond acceptors (Lipinski definition) is 4. The van der Waals surface area contributed by atoms with Gasteiger partial charge in [-0.3, -0.25) is 4.79 Å². The average molecular weight is 500 g/mol. The maximum absolute atomic E-state index is 13.6. The maximum Gasteiger partial charge on any atom is 0.317 e. The van der Waals surface area contributed by atoms with Gasteiger partial charge in [0.1, 0.15) is 18.9 Å². The first-order chi connectivity index (χ1) is 16.8. The van der Waals surface area contributed by atoms with Crippen molar-refractivity contribution in [2.24, 2.45) is 5.92 Å². The number of carbonyl (C=O) groups excluding carboxylic acids is 2. The monoisotopic (exact) mass is 499 g/mol. The summed E-state index contributed by atoms with van der Waals surface area (Å²) in [6.07, 6.45) is 2.66. The third kappa shape index (κ3) is 7.23. The lowest BCUT2D eigenvalue weighted by Gasteiger charge is -2.37. The Kier molecular flexibility index (Phi) is 10.0. The molecule has 1 aliphatic rings. The first-order valence-electron chi connectivity index (χ1n) is 12.9. The van der Waals surface area contributed by atoms with Crippen molar-refractivity contribution in [2.45, 2.75) is 65.8 Å². The van der Waals surface area contributed by atoms with Crippen LogP contribution in [0.3, 0.4) is 0 Å². The molecule has 0 bridgehead atoms. The Bertz CT molecular complexity index is 957. The molecule has 1 aliphatic heterocycles. The molecular formula is C28H41N3O3S. The Labute approximate surface area is 214 Å². The number of amides is 3. The van der Waals surface area contributed by atoms with Gasteiger partial charge in [-0.05, 0) is 59.4 Å². The van der Waals surface area contributed by atoms with E-state index in [2.05, 4.69) is 56.6 Å². The molecule has 0 fully saturated rings. The van der Waals surface area contributed by atoms with Crippen molar-refractivity contribution in [3.05, 3.63) is 51.7 Å². The summed E-state index contributed by atoms with van der Waals surface area (Å²) >= 11 is 1.74. The van der Waals surface area contributed by atoms with E-state index in [-0.39, 0.29) is 24.5 Å². The molecule has 6 nitrogen and oxygen atoms in total. The number of thiophene rings is 1. The van der Waals surface area contributed by atoms with Crippen molar-refractivity contribution in [2.75, 3.05) is 32.8 Å². The minimum absolute atomic E-state index is 0.0273. The molecule has 192 valence electrons. The fourth-order valence-electron chi connectivity index (χ4n) is 4.32. The molecular weight excluding hydrogens is 458 g/mol. The highest BCUT2D eigenvalue weighted by atomic mass is 32.1. The first-order valence-corrected chi connectivity index (χ1v) is 13.8. The third-order valence-corrected chi connectivity index (χ3v) is 7.73. The number of nitrogens with one attached hydrogen (secondary N) is 1. The van der Waals surface area contributed by atoms with E-state index in [9.17, 15) is 9.59 Å². The van der Waals surface area contributed by atoms with Crippen molar-refractivity contribution >= 4 is 23.3 Å². The molecule has 0 radical (unpaired) electrons. The van der Waals surface area contributed by atoms with Gasteiger partial charge in [-0.2, -0.15) is 0 Å². The van der Waals surface area contributed by atoms with E-state index in [1.54, 1.807) is 16.2 Å². The number of rotatable bonds is 11. The largest absolute Gasteiger partial charge is 0.491 e. The summed E-state index contributed by atoms with van der Waals surface area (Å²) < 4.78 is 6.19. The summed E-state index contributed by atoms with van der Waals surface area (Å²) in [4.78, 5) is 31.3. The van der Waals surface area contributed by atoms with Crippen molar-refractivity contribution in [1.29, 1.82) is 0 Å². The minimum atomic E-state index is -0.161. The summed E-state index contributed by atoms with van der Waals surface area (Å²) in [5.74, 6) is 1.58. The topological polar surface area (TPSA) is 61.9 Å². The molecule has 35 heavy (non-hydrogen) atoms. The van der Waals surface area contributed by atoms with E-state index >= 15 is 0 Å². The number of benzene rings is 1. The van der Waals surface area contributed by atoms with Gasteiger partial charge < -0.3 is 19.9 Å². The molecule has 7 heteroatoms. The zero-order chi connectivity index (χ0) is 25.4. The Morgan fingerprint density at radius 3 is 2.57 bits per heavy atom. The smallest absolute Gasteiger partial charge is 0.317 e. The van der Waals surface area contributed by atoms with Crippen LogP contribution in [0.25, 0.3) is 0 Å². The minimum Gasteiger partial charge on any atom is -0.491 e. The lowest BCUT2D eigenvalue weighted by molar-refractivity contribution is -0.135. The van der Waals surface area contributed by atoms with Crippen molar-refractivity contribution < 1.29 is 14.3 Å². The second-order valence-electron chi connectivity index (χ2n) is 9.81. The van der Waals surface area contributed by atoms with E-state index in [1.807, 2.05) is 24.0 Å². The Morgan fingerprint density at radius 2 is 1.91 bits per heavy atom. The van der Waals surface area contributed by atoms with Crippen LogP contribution in [0, 0.1) is 5.92 Å². The molecule has 0 saturated heterocycles. The van der Waals surface area contributed by atoms with E-state index in [4.69, 9.17) is 4.74 Å². The van der Waals surface area contributed by atoms with Crippen LogP contribution >= 0.6 is 11.3 Å². The summed E-state index contributed by atoms with van der Waals surface area (Å²) in [5, 5.41) is 5.04. The normalized spacial score (nSPS) is 16.1. The number of nitrogens with zero attached hydrogens (tertiary/aromatic N) is 2. The summed E-state index contributed by atoms with van der Waals surface area (Å²) in [6.45, 7) is 12.9. The highest BCUT2D eigenvalue weighted by Crippen LogP contribution is 2.34. The predicted octanol–water partition coefficient (Wildman–Crippen LogP) is 5.84. The first kappa shape index (κ1) is 27.1. The van der Waals surface area contributed by atoms with Crippen LogP contribution < -0.4 is 10.1 Å². The van der Waals surface area contributed by atoms with Gasteiger partial charge in [-0.25, -0.2) is 4.79 Å². The molecule has 3 rings (SSSR count). The predicted molar refractivity (Wildman–Crippen MR) is 143 cm³/mol. The number of fused-ring (bicyclic) bond motifs is 1. The van der Waals surface area contributed by atoms with Crippen molar-refractivity contribution in [3.63, 3.8) is 0 Å². The van der Waals surface area contributed by atoms with Crippen LogP contribution in [0.15, 0.2) is 35.7 Å². The third-order valence-electron chi connectivity index (χ3n) is 6.74. The molecule has 3 amide bonds. The van der Waals surface area contributed by atoms with Gasteiger partial charge in [-0.15, -0.1) is 11.3 Å². The highest BCUT2D eigenvalue weighted by molar-refractivity contribution is 7.10. The molecule has 0 saturated carbocycles. The second-order valence-corrected chi connectivity index (χ2v) is 10.8. The van der Waals surface area contributed by atoms with E-state index < -0.39 is 0 Å².